The third-order valence-corrected chi connectivity index (χ3v) is 5.32. The summed E-state index contributed by atoms with van der Waals surface area (Å²) in [6.45, 7) is 2.06. The minimum Gasteiger partial charge on any atom is -0.322 e. The van der Waals surface area contributed by atoms with Crippen molar-refractivity contribution >= 4 is 27.3 Å². The van der Waals surface area contributed by atoms with Gasteiger partial charge in [-0.05, 0) is 42.3 Å². The molecule has 0 aliphatic heterocycles. The van der Waals surface area contributed by atoms with Crippen molar-refractivity contribution in [2.45, 2.75) is 18.2 Å². The standard InChI is InChI=1S/C20H19N3O3S/c1-2-15-8-10-17(11-9-15)22-20(24)16-12-18(14-21-13-16)23-27(25,26)19-6-4-3-5-7-19/h3-14,23H,2H2,1H3,(H,22,24). The van der Waals surface area contributed by atoms with Gasteiger partial charge in [-0.2, -0.15) is 0 Å². The highest BCUT2D eigenvalue weighted by Gasteiger charge is 2.15. The Labute approximate surface area is 158 Å². The van der Waals surface area contributed by atoms with E-state index in [1.165, 1.54) is 36.2 Å². The van der Waals surface area contributed by atoms with Crippen LogP contribution in [0.1, 0.15) is 22.8 Å². The van der Waals surface area contributed by atoms with Gasteiger partial charge in [0, 0.05) is 11.9 Å². The van der Waals surface area contributed by atoms with E-state index in [4.69, 9.17) is 0 Å². The Morgan fingerprint density at radius 2 is 1.67 bits per heavy atom. The largest absolute Gasteiger partial charge is 0.322 e. The van der Waals surface area contributed by atoms with E-state index >= 15 is 0 Å². The number of hydrogen-bond acceptors (Lipinski definition) is 4. The lowest BCUT2D eigenvalue weighted by Crippen LogP contribution is -2.15. The first kappa shape index (κ1) is 18.6. The molecule has 1 aromatic heterocycles. The van der Waals surface area contributed by atoms with Crippen molar-refractivity contribution in [2.24, 2.45) is 0 Å². The topological polar surface area (TPSA) is 88.2 Å². The molecule has 0 radical (unpaired) electrons. The van der Waals surface area contributed by atoms with Crippen LogP contribution in [0.3, 0.4) is 0 Å². The predicted octanol–water partition coefficient (Wildman–Crippen LogP) is 3.70. The molecule has 0 aliphatic carbocycles. The molecule has 0 fully saturated rings. The maximum Gasteiger partial charge on any atom is 0.261 e. The predicted molar refractivity (Wildman–Crippen MR) is 105 cm³/mol. The Balaban J connectivity index is 1.75. The number of nitrogens with one attached hydrogen (secondary N) is 2. The van der Waals surface area contributed by atoms with Crippen molar-refractivity contribution in [3.63, 3.8) is 0 Å². The third kappa shape index (κ3) is 4.71. The number of pyridine rings is 1. The van der Waals surface area contributed by atoms with Crippen LogP contribution < -0.4 is 10.0 Å². The summed E-state index contributed by atoms with van der Waals surface area (Å²) in [6.07, 6.45) is 3.66. The second kappa shape index (κ2) is 8.01. The summed E-state index contributed by atoms with van der Waals surface area (Å²) in [7, 11) is -3.74. The number of sulfonamides is 1. The molecular weight excluding hydrogens is 362 g/mol. The number of amides is 1. The molecule has 0 aliphatic rings. The molecule has 6 nitrogen and oxygen atoms in total. The van der Waals surface area contributed by atoms with Gasteiger partial charge in [-0.3, -0.25) is 14.5 Å². The molecule has 0 spiro atoms. The molecule has 3 aromatic rings. The van der Waals surface area contributed by atoms with Crippen molar-refractivity contribution < 1.29 is 13.2 Å². The maximum atomic E-state index is 12.4. The van der Waals surface area contributed by atoms with Crippen LogP contribution in [0, 0.1) is 0 Å². The molecule has 0 unspecified atom stereocenters. The summed E-state index contributed by atoms with van der Waals surface area (Å²) in [5.41, 5.74) is 2.30. The van der Waals surface area contributed by atoms with Gasteiger partial charge in [0.2, 0.25) is 0 Å². The molecule has 1 heterocycles. The number of rotatable bonds is 6. The Morgan fingerprint density at radius 3 is 2.33 bits per heavy atom. The van der Waals surface area contributed by atoms with Gasteiger partial charge >= 0.3 is 0 Å². The van der Waals surface area contributed by atoms with Gasteiger partial charge in [0.05, 0.1) is 22.3 Å². The van der Waals surface area contributed by atoms with E-state index in [2.05, 4.69) is 21.9 Å². The van der Waals surface area contributed by atoms with Crippen molar-refractivity contribution in [1.82, 2.24) is 4.98 Å². The third-order valence-electron chi connectivity index (χ3n) is 3.93. The molecule has 138 valence electrons. The summed E-state index contributed by atoms with van der Waals surface area (Å²) in [6, 6.07) is 17.0. The summed E-state index contributed by atoms with van der Waals surface area (Å²) >= 11 is 0. The average molecular weight is 381 g/mol. The van der Waals surface area contributed by atoms with Crippen LogP contribution in [-0.4, -0.2) is 19.3 Å². The van der Waals surface area contributed by atoms with E-state index in [9.17, 15) is 13.2 Å². The monoisotopic (exact) mass is 381 g/mol. The van der Waals surface area contributed by atoms with E-state index in [1.54, 1.807) is 18.2 Å². The summed E-state index contributed by atoms with van der Waals surface area (Å²) in [4.78, 5) is 16.5. The number of hydrogen-bond donors (Lipinski definition) is 2. The van der Waals surface area contributed by atoms with E-state index in [0.29, 0.717) is 5.69 Å². The highest BCUT2D eigenvalue weighted by molar-refractivity contribution is 7.92. The van der Waals surface area contributed by atoms with E-state index < -0.39 is 10.0 Å². The van der Waals surface area contributed by atoms with Gasteiger partial charge in [0.15, 0.2) is 0 Å². The second-order valence-electron chi connectivity index (χ2n) is 5.89. The molecule has 7 heteroatoms. The van der Waals surface area contributed by atoms with Crippen LogP contribution in [0.15, 0.2) is 78.0 Å². The first-order valence-corrected chi connectivity index (χ1v) is 9.89. The number of benzene rings is 2. The number of aromatic nitrogens is 1. The Morgan fingerprint density at radius 1 is 0.963 bits per heavy atom. The minimum atomic E-state index is -3.74. The van der Waals surface area contributed by atoms with Crippen LogP contribution in [-0.2, 0) is 16.4 Å². The fourth-order valence-corrected chi connectivity index (χ4v) is 3.52. The fraction of sp³-hybridized carbons (Fsp3) is 0.100. The second-order valence-corrected chi connectivity index (χ2v) is 7.57. The molecule has 3 rings (SSSR count). The van der Waals surface area contributed by atoms with Gasteiger partial charge < -0.3 is 5.32 Å². The highest BCUT2D eigenvalue weighted by atomic mass is 32.2. The number of nitrogens with zero attached hydrogens (tertiary/aromatic N) is 1. The summed E-state index contributed by atoms with van der Waals surface area (Å²) in [5, 5.41) is 2.78. The number of aryl methyl sites for hydroxylation is 1. The van der Waals surface area contributed by atoms with Crippen molar-refractivity contribution in [1.29, 1.82) is 0 Å². The zero-order valence-electron chi connectivity index (χ0n) is 14.7. The van der Waals surface area contributed by atoms with Crippen LogP contribution >= 0.6 is 0 Å². The number of carbonyl (C=O) groups is 1. The van der Waals surface area contributed by atoms with Crippen LogP contribution in [0.4, 0.5) is 11.4 Å². The van der Waals surface area contributed by atoms with E-state index in [0.717, 1.165) is 6.42 Å². The molecule has 0 saturated carbocycles. The van der Waals surface area contributed by atoms with Crippen LogP contribution in [0.5, 0.6) is 0 Å². The molecule has 2 aromatic carbocycles. The number of anilines is 2. The smallest absolute Gasteiger partial charge is 0.261 e. The van der Waals surface area contributed by atoms with Crippen molar-refractivity contribution in [2.75, 3.05) is 10.0 Å². The van der Waals surface area contributed by atoms with Crippen molar-refractivity contribution in [3.05, 3.63) is 84.2 Å². The maximum absolute atomic E-state index is 12.4. The number of carbonyl (C=O) groups excluding carboxylic acids is 1. The Hall–Kier alpha value is -3.19. The molecule has 0 bridgehead atoms. The minimum absolute atomic E-state index is 0.135. The average Bonchev–Trinajstić information content (AvgIpc) is 2.69. The Bertz CT molecular complexity index is 1030. The summed E-state index contributed by atoms with van der Waals surface area (Å²) in [5.74, 6) is -0.368. The molecular formula is C20H19N3O3S. The molecule has 2 N–H and O–H groups in total. The molecule has 0 atom stereocenters. The lowest BCUT2D eigenvalue weighted by Gasteiger charge is -2.10. The lowest BCUT2D eigenvalue weighted by molar-refractivity contribution is 0.102. The lowest BCUT2D eigenvalue weighted by atomic mass is 10.1. The zero-order valence-corrected chi connectivity index (χ0v) is 15.5. The van der Waals surface area contributed by atoms with Crippen LogP contribution in [0.2, 0.25) is 0 Å². The zero-order chi connectivity index (χ0) is 19.3. The van der Waals surface area contributed by atoms with E-state index in [1.807, 2.05) is 24.3 Å². The summed E-state index contributed by atoms with van der Waals surface area (Å²) < 4.78 is 27.2. The fourth-order valence-electron chi connectivity index (χ4n) is 2.46. The normalized spacial score (nSPS) is 11.0. The van der Waals surface area contributed by atoms with E-state index in [-0.39, 0.29) is 22.1 Å². The SMILES string of the molecule is CCc1ccc(NC(=O)c2cncc(NS(=O)(=O)c3ccccc3)c2)cc1. The van der Waals surface area contributed by atoms with Crippen molar-refractivity contribution in [3.8, 4) is 0 Å². The molecule has 1 amide bonds. The Kier molecular flexibility index (Phi) is 5.52. The van der Waals surface area contributed by atoms with Crippen LogP contribution in [0.25, 0.3) is 0 Å². The van der Waals surface area contributed by atoms with Gasteiger partial charge in [0.1, 0.15) is 0 Å². The highest BCUT2D eigenvalue weighted by Crippen LogP contribution is 2.17. The quantitative estimate of drug-likeness (QED) is 0.681. The molecule has 0 saturated heterocycles. The van der Waals surface area contributed by atoms with Gasteiger partial charge in [0.25, 0.3) is 15.9 Å². The van der Waals surface area contributed by atoms with Gasteiger partial charge in [-0.1, -0.05) is 37.3 Å². The van der Waals surface area contributed by atoms with Gasteiger partial charge in [-0.15, -0.1) is 0 Å². The molecule has 27 heavy (non-hydrogen) atoms. The first-order chi connectivity index (χ1) is 13.0. The van der Waals surface area contributed by atoms with Gasteiger partial charge in [-0.25, -0.2) is 8.42 Å². The first-order valence-electron chi connectivity index (χ1n) is 8.41.